The molecular weight excluding hydrogens is 278 g/mol. The van der Waals surface area contributed by atoms with Gasteiger partial charge in [-0.05, 0) is 44.0 Å². The van der Waals surface area contributed by atoms with Crippen molar-refractivity contribution in [3.63, 3.8) is 0 Å². The minimum atomic E-state index is -0.143. The average molecular weight is 305 g/mol. The maximum atomic E-state index is 11.9. The van der Waals surface area contributed by atoms with Gasteiger partial charge in [0.25, 0.3) is 5.91 Å². The summed E-state index contributed by atoms with van der Waals surface area (Å²) >= 11 is 0. The van der Waals surface area contributed by atoms with Gasteiger partial charge in [0.05, 0.1) is 6.61 Å². The standard InChI is InChI=1S/C17H27N3O2/c1-2-9-20-10-6-15(7-11-20)19-16-5-3-4-14(13-16)17(22)18-8-12-21/h3-5,13,15,19,21H,2,6-12H2,1H3,(H,18,22). The van der Waals surface area contributed by atoms with Gasteiger partial charge in [-0.15, -0.1) is 0 Å². The Morgan fingerprint density at radius 1 is 1.36 bits per heavy atom. The molecule has 22 heavy (non-hydrogen) atoms. The zero-order valence-electron chi connectivity index (χ0n) is 13.3. The van der Waals surface area contributed by atoms with E-state index in [9.17, 15) is 4.79 Å². The molecule has 1 aliphatic rings. The van der Waals surface area contributed by atoms with Crippen LogP contribution < -0.4 is 10.6 Å². The maximum Gasteiger partial charge on any atom is 0.251 e. The van der Waals surface area contributed by atoms with E-state index in [0.29, 0.717) is 11.6 Å². The quantitative estimate of drug-likeness (QED) is 0.717. The Balaban J connectivity index is 1.87. The smallest absolute Gasteiger partial charge is 0.251 e. The molecule has 5 heteroatoms. The molecule has 122 valence electrons. The SMILES string of the molecule is CCCN1CCC(Nc2cccc(C(=O)NCCO)c2)CC1. The van der Waals surface area contributed by atoms with Crippen LogP contribution in [0, 0.1) is 0 Å². The summed E-state index contributed by atoms with van der Waals surface area (Å²) in [6, 6.07) is 8.04. The Morgan fingerprint density at radius 2 is 2.14 bits per heavy atom. The zero-order chi connectivity index (χ0) is 15.8. The zero-order valence-corrected chi connectivity index (χ0v) is 13.3. The number of nitrogens with one attached hydrogen (secondary N) is 2. The van der Waals surface area contributed by atoms with Gasteiger partial charge in [0.15, 0.2) is 0 Å². The average Bonchev–Trinajstić information content (AvgIpc) is 2.55. The third-order valence-corrected chi connectivity index (χ3v) is 4.02. The van der Waals surface area contributed by atoms with Crippen molar-refractivity contribution in [2.75, 3.05) is 38.1 Å². The van der Waals surface area contributed by atoms with E-state index in [1.54, 1.807) is 6.07 Å². The van der Waals surface area contributed by atoms with E-state index in [1.165, 1.54) is 13.0 Å². The molecule has 0 atom stereocenters. The molecule has 1 fully saturated rings. The van der Waals surface area contributed by atoms with Gasteiger partial charge in [-0.2, -0.15) is 0 Å². The summed E-state index contributed by atoms with van der Waals surface area (Å²) in [7, 11) is 0. The number of piperidine rings is 1. The van der Waals surface area contributed by atoms with Gasteiger partial charge >= 0.3 is 0 Å². The van der Waals surface area contributed by atoms with Crippen LogP contribution in [-0.2, 0) is 0 Å². The molecule has 1 aliphatic heterocycles. The fourth-order valence-corrected chi connectivity index (χ4v) is 2.87. The van der Waals surface area contributed by atoms with Gasteiger partial charge < -0.3 is 20.6 Å². The highest BCUT2D eigenvalue weighted by Crippen LogP contribution is 2.18. The molecule has 3 N–H and O–H groups in total. The topological polar surface area (TPSA) is 64.6 Å². The molecule has 1 heterocycles. The Kier molecular flexibility index (Phi) is 6.68. The summed E-state index contributed by atoms with van der Waals surface area (Å²) in [6.07, 6.45) is 3.49. The number of benzene rings is 1. The lowest BCUT2D eigenvalue weighted by atomic mass is 10.0. The van der Waals surface area contributed by atoms with Crippen LogP contribution in [0.3, 0.4) is 0 Å². The number of aliphatic hydroxyl groups is 1. The number of carbonyl (C=O) groups excluding carboxylic acids is 1. The van der Waals surface area contributed by atoms with Crippen LogP contribution in [0.1, 0.15) is 36.5 Å². The molecule has 0 saturated carbocycles. The van der Waals surface area contributed by atoms with Crippen LogP contribution in [0.2, 0.25) is 0 Å². The first-order chi connectivity index (χ1) is 10.7. The predicted molar refractivity (Wildman–Crippen MR) is 89.2 cm³/mol. The minimum absolute atomic E-state index is 0.0417. The lowest BCUT2D eigenvalue weighted by molar-refractivity contribution is 0.0945. The number of hydrogen-bond acceptors (Lipinski definition) is 4. The van der Waals surface area contributed by atoms with Crippen molar-refractivity contribution in [1.29, 1.82) is 0 Å². The second kappa shape index (κ2) is 8.76. The monoisotopic (exact) mass is 305 g/mol. The number of hydrogen-bond donors (Lipinski definition) is 3. The summed E-state index contributed by atoms with van der Waals surface area (Å²) in [5, 5.41) is 15.0. The molecule has 5 nitrogen and oxygen atoms in total. The molecule has 0 aromatic heterocycles. The largest absolute Gasteiger partial charge is 0.395 e. The Labute approximate surface area is 132 Å². The number of carbonyl (C=O) groups is 1. The Hall–Kier alpha value is -1.59. The highest BCUT2D eigenvalue weighted by Gasteiger charge is 2.18. The van der Waals surface area contributed by atoms with E-state index < -0.39 is 0 Å². The minimum Gasteiger partial charge on any atom is -0.395 e. The number of anilines is 1. The van der Waals surface area contributed by atoms with E-state index in [2.05, 4.69) is 22.5 Å². The van der Waals surface area contributed by atoms with Gasteiger partial charge in [0.2, 0.25) is 0 Å². The van der Waals surface area contributed by atoms with Crippen molar-refractivity contribution in [1.82, 2.24) is 10.2 Å². The van der Waals surface area contributed by atoms with Crippen LogP contribution in [0.15, 0.2) is 24.3 Å². The summed E-state index contributed by atoms with van der Waals surface area (Å²) in [5.74, 6) is -0.143. The van der Waals surface area contributed by atoms with Crippen LogP contribution >= 0.6 is 0 Å². The Bertz CT molecular complexity index is 471. The van der Waals surface area contributed by atoms with Crippen LogP contribution in [0.5, 0.6) is 0 Å². The molecule has 0 spiro atoms. The molecule has 2 rings (SSSR count). The lowest BCUT2D eigenvalue weighted by Crippen LogP contribution is -2.39. The number of likely N-dealkylation sites (tertiary alicyclic amines) is 1. The summed E-state index contributed by atoms with van der Waals surface area (Å²) in [5.41, 5.74) is 1.62. The molecule has 1 aromatic rings. The van der Waals surface area contributed by atoms with Gasteiger partial charge in [-0.3, -0.25) is 4.79 Å². The van der Waals surface area contributed by atoms with E-state index in [-0.39, 0.29) is 19.1 Å². The van der Waals surface area contributed by atoms with Crippen molar-refractivity contribution in [2.24, 2.45) is 0 Å². The number of amides is 1. The summed E-state index contributed by atoms with van der Waals surface area (Å²) < 4.78 is 0. The van der Waals surface area contributed by atoms with Crippen molar-refractivity contribution in [3.05, 3.63) is 29.8 Å². The third kappa shape index (κ3) is 5.00. The van der Waals surface area contributed by atoms with Crippen LogP contribution in [0.4, 0.5) is 5.69 Å². The fraction of sp³-hybridized carbons (Fsp3) is 0.588. The van der Waals surface area contributed by atoms with E-state index in [0.717, 1.165) is 31.6 Å². The number of nitrogens with zero attached hydrogens (tertiary/aromatic N) is 1. The van der Waals surface area contributed by atoms with Gasteiger partial charge in [-0.25, -0.2) is 0 Å². The molecule has 0 bridgehead atoms. The highest BCUT2D eigenvalue weighted by molar-refractivity contribution is 5.95. The van der Waals surface area contributed by atoms with Crippen molar-refractivity contribution < 1.29 is 9.90 Å². The maximum absolute atomic E-state index is 11.9. The van der Waals surface area contributed by atoms with Crippen molar-refractivity contribution in [2.45, 2.75) is 32.2 Å². The molecular formula is C17H27N3O2. The van der Waals surface area contributed by atoms with Crippen molar-refractivity contribution >= 4 is 11.6 Å². The highest BCUT2D eigenvalue weighted by atomic mass is 16.3. The second-order valence-electron chi connectivity index (χ2n) is 5.82. The van der Waals surface area contributed by atoms with Gasteiger partial charge in [-0.1, -0.05) is 13.0 Å². The van der Waals surface area contributed by atoms with Gasteiger partial charge in [0, 0.05) is 36.9 Å². The molecule has 1 aromatic carbocycles. The Morgan fingerprint density at radius 3 is 2.82 bits per heavy atom. The van der Waals surface area contributed by atoms with E-state index in [1.807, 2.05) is 18.2 Å². The number of rotatable bonds is 7. The summed E-state index contributed by atoms with van der Waals surface area (Å²) in [4.78, 5) is 14.4. The first kappa shape index (κ1) is 16.8. The van der Waals surface area contributed by atoms with Gasteiger partial charge in [0.1, 0.15) is 0 Å². The van der Waals surface area contributed by atoms with E-state index >= 15 is 0 Å². The van der Waals surface area contributed by atoms with E-state index in [4.69, 9.17) is 5.11 Å². The second-order valence-corrected chi connectivity index (χ2v) is 5.82. The molecule has 1 saturated heterocycles. The third-order valence-electron chi connectivity index (χ3n) is 4.02. The molecule has 0 unspecified atom stereocenters. The fourth-order valence-electron chi connectivity index (χ4n) is 2.87. The predicted octanol–water partition coefficient (Wildman–Crippen LogP) is 1.69. The lowest BCUT2D eigenvalue weighted by Gasteiger charge is -2.32. The van der Waals surface area contributed by atoms with Crippen LogP contribution in [-0.4, -0.2) is 54.7 Å². The number of aliphatic hydroxyl groups excluding tert-OH is 1. The summed E-state index contributed by atoms with van der Waals surface area (Å²) in [6.45, 7) is 5.93. The van der Waals surface area contributed by atoms with Crippen molar-refractivity contribution in [3.8, 4) is 0 Å². The molecule has 0 radical (unpaired) electrons. The normalized spacial score (nSPS) is 16.5. The first-order valence-electron chi connectivity index (χ1n) is 8.21. The van der Waals surface area contributed by atoms with Crippen LogP contribution in [0.25, 0.3) is 0 Å². The molecule has 1 amide bonds. The molecule has 0 aliphatic carbocycles. The first-order valence-corrected chi connectivity index (χ1v) is 8.21.